The second-order valence-corrected chi connectivity index (χ2v) is 5.30. The van der Waals surface area contributed by atoms with Gasteiger partial charge >= 0.3 is 0 Å². The fourth-order valence-electron chi connectivity index (χ4n) is 2.56. The first-order valence-corrected chi connectivity index (χ1v) is 7.46. The average Bonchev–Trinajstić information content (AvgIpc) is 2.70. The van der Waals surface area contributed by atoms with E-state index in [0.29, 0.717) is 0 Å². The van der Waals surface area contributed by atoms with E-state index in [1.54, 1.807) is 31.0 Å². The summed E-state index contributed by atoms with van der Waals surface area (Å²) in [5, 5.41) is 0. The predicted molar refractivity (Wildman–Crippen MR) is 91.7 cm³/mol. The minimum atomic E-state index is 0.960. The largest absolute Gasteiger partial charge is 0.264 e. The summed E-state index contributed by atoms with van der Waals surface area (Å²) in [6.07, 6.45) is 13.9. The Hall–Kier alpha value is -3.47. The molecule has 3 aromatic heterocycles. The van der Waals surface area contributed by atoms with Crippen LogP contribution >= 0.6 is 0 Å². The molecule has 0 aliphatic heterocycles. The van der Waals surface area contributed by atoms with Crippen LogP contribution < -0.4 is 0 Å². The van der Waals surface area contributed by atoms with Gasteiger partial charge in [-0.25, -0.2) is 19.9 Å². The standard InChI is InChI=1S/C19H13N5/c1-2-14(7-20-3-1)15-4-16(18-8-21-12-22-9-18)6-17(5-15)19-10-23-13-24-11-19/h1-13H. The Morgan fingerprint density at radius 3 is 1.38 bits per heavy atom. The molecule has 24 heavy (non-hydrogen) atoms. The fraction of sp³-hybridized carbons (Fsp3) is 0. The van der Waals surface area contributed by atoms with Crippen molar-refractivity contribution in [2.75, 3.05) is 0 Å². The number of hydrogen-bond donors (Lipinski definition) is 0. The second kappa shape index (κ2) is 6.34. The van der Waals surface area contributed by atoms with Crippen LogP contribution in [0.3, 0.4) is 0 Å². The van der Waals surface area contributed by atoms with Crippen LogP contribution in [0, 0.1) is 0 Å². The maximum absolute atomic E-state index is 4.22. The molecule has 0 aliphatic carbocycles. The lowest BCUT2D eigenvalue weighted by Crippen LogP contribution is -1.89. The number of hydrogen-bond acceptors (Lipinski definition) is 5. The summed E-state index contributed by atoms with van der Waals surface area (Å²) >= 11 is 0. The molecule has 0 amide bonds. The molecule has 4 aromatic rings. The molecule has 0 spiro atoms. The van der Waals surface area contributed by atoms with Crippen molar-refractivity contribution in [3.8, 4) is 33.4 Å². The third-order valence-electron chi connectivity index (χ3n) is 3.72. The average molecular weight is 311 g/mol. The lowest BCUT2D eigenvalue weighted by molar-refractivity contribution is 1.17. The Labute approximate surface area is 139 Å². The number of pyridine rings is 1. The van der Waals surface area contributed by atoms with Gasteiger partial charge in [-0.1, -0.05) is 6.07 Å². The molecule has 3 heterocycles. The Morgan fingerprint density at radius 1 is 0.458 bits per heavy atom. The van der Waals surface area contributed by atoms with Gasteiger partial charge in [-0.3, -0.25) is 4.98 Å². The molecule has 4 rings (SSSR count). The SMILES string of the molecule is c1cncc(-c2cc(-c3cncnc3)cc(-c3cncnc3)c2)c1. The van der Waals surface area contributed by atoms with Gasteiger partial charge in [0, 0.05) is 53.9 Å². The first kappa shape index (κ1) is 14.1. The van der Waals surface area contributed by atoms with E-state index < -0.39 is 0 Å². The lowest BCUT2D eigenvalue weighted by Gasteiger charge is -2.10. The number of nitrogens with zero attached hydrogens (tertiary/aromatic N) is 5. The minimum absolute atomic E-state index is 0.960. The molecule has 0 bridgehead atoms. The van der Waals surface area contributed by atoms with Crippen molar-refractivity contribution < 1.29 is 0 Å². The molecular weight excluding hydrogens is 298 g/mol. The van der Waals surface area contributed by atoms with E-state index in [-0.39, 0.29) is 0 Å². The molecule has 0 saturated heterocycles. The van der Waals surface area contributed by atoms with Crippen molar-refractivity contribution in [1.82, 2.24) is 24.9 Å². The molecular formula is C19H13N5. The summed E-state index contributed by atoms with van der Waals surface area (Å²) in [7, 11) is 0. The maximum atomic E-state index is 4.22. The van der Waals surface area contributed by atoms with Crippen LogP contribution in [-0.2, 0) is 0 Å². The van der Waals surface area contributed by atoms with Crippen LogP contribution in [-0.4, -0.2) is 24.9 Å². The van der Waals surface area contributed by atoms with Crippen LogP contribution in [0.2, 0.25) is 0 Å². The third kappa shape index (κ3) is 2.87. The number of benzene rings is 1. The molecule has 1 aromatic carbocycles. The topological polar surface area (TPSA) is 64.5 Å². The highest BCUT2D eigenvalue weighted by atomic mass is 14.8. The second-order valence-electron chi connectivity index (χ2n) is 5.30. The zero-order valence-corrected chi connectivity index (χ0v) is 12.7. The van der Waals surface area contributed by atoms with Crippen molar-refractivity contribution in [3.05, 3.63) is 80.2 Å². The fourth-order valence-corrected chi connectivity index (χ4v) is 2.56. The Bertz CT molecular complexity index is 801. The third-order valence-corrected chi connectivity index (χ3v) is 3.72. The molecule has 5 nitrogen and oxygen atoms in total. The maximum Gasteiger partial charge on any atom is 0.115 e. The highest BCUT2D eigenvalue weighted by Crippen LogP contribution is 2.31. The first-order valence-electron chi connectivity index (χ1n) is 7.46. The van der Waals surface area contributed by atoms with Crippen molar-refractivity contribution >= 4 is 0 Å². The highest BCUT2D eigenvalue weighted by molar-refractivity contribution is 5.80. The van der Waals surface area contributed by atoms with Gasteiger partial charge in [-0.2, -0.15) is 0 Å². The predicted octanol–water partition coefficient (Wildman–Crippen LogP) is 3.66. The molecule has 114 valence electrons. The van der Waals surface area contributed by atoms with Crippen LogP contribution in [0.15, 0.2) is 80.2 Å². The monoisotopic (exact) mass is 311 g/mol. The van der Waals surface area contributed by atoms with Gasteiger partial charge in [0.2, 0.25) is 0 Å². The zero-order valence-electron chi connectivity index (χ0n) is 12.7. The summed E-state index contributed by atoms with van der Waals surface area (Å²) in [5.74, 6) is 0. The van der Waals surface area contributed by atoms with Gasteiger partial charge in [0.25, 0.3) is 0 Å². The zero-order chi connectivity index (χ0) is 16.2. The molecule has 0 N–H and O–H groups in total. The highest BCUT2D eigenvalue weighted by Gasteiger charge is 2.08. The van der Waals surface area contributed by atoms with Crippen molar-refractivity contribution in [2.24, 2.45) is 0 Å². The molecule has 0 aliphatic rings. The molecule has 0 radical (unpaired) electrons. The normalized spacial score (nSPS) is 10.5. The van der Waals surface area contributed by atoms with E-state index in [1.807, 2.05) is 18.3 Å². The Kier molecular flexibility index (Phi) is 3.73. The van der Waals surface area contributed by atoms with Crippen LogP contribution in [0.25, 0.3) is 33.4 Å². The van der Waals surface area contributed by atoms with E-state index >= 15 is 0 Å². The van der Waals surface area contributed by atoms with Crippen LogP contribution in [0.5, 0.6) is 0 Å². The van der Waals surface area contributed by atoms with E-state index in [9.17, 15) is 0 Å². The van der Waals surface area contributed by atoms with Gasteiger partial charge < -0.3 is 0 Å². The van der Waals surface area contributed by atoms with Gasteiger partial charge in [0.05, 0.1) is 0 Å². The smallest absolute Gasteiger partial charge is 0.115 e. The number of aromatic nitrogens is 5. The van der Waals surface area contributed by atoms with Crippen LogP contribution in [0.4, 0.5) is 0 Å². The summed E-state index contributed by atoms with van der Waals surface area (Å²) in [4.78, 5) is 20.7. The van der Waals surface area contributed by atoms with Crippen molar-refractivity contribution in [2.45, 2.75) is 0 Å². The van der Waals surface area contributed by atoms with Gasteiger partial charge in [0.15, 0.2) is 0 Å². The Morgan fingerprint density at radius 2 is 0.917 bits per heavy atom. The summed E-state index contributed by atoms with van der Waals surface area (Å²) in [5.41, 5.74) is 6.12. The minimum Gasteiger partial charge on any atom is -0.264 e. The van der Waals surface area contributed by atoms with Gasteiger partial charge in [-0.05, 0) is 41.0 Å². The summed E-state index contributed by atoms with van der Waals surface area (Å²) in [6.45, 7) is 0. The molecule has 0 atom stereocenters. The summed E-state index contributed by atoms with van der Waals surface area (Å²) in [6, 6.07) is 10.3. The van der Waals surface area contributed by atoms with E-state index in [1.165, 1.54) is 12.7 Å². The quantitative estimate of drug-likeness (QED) is 0.577. The van der Waals surface area contributed by atoms with Gasteiger partial charge in [-0.15, -0.1) is 0 Å². The lowest BCUT2D eigenvalue weighted by atomic mass is 9.96. The Balaban J connectivity index is 1.92. The molecule has 5 heteroatoms. The molecule has 0 saturated carbocycles. The van der Waals surface area contributed by atoms with E-state index in [2.05, 4.69) is 43.1 Å². The van der Waals surface area contributed by atoms with Crippen LogP contribution in [0.1, 0.15) is 0 Å². The van der Waals surface area contributed by atoms with E-state index in [0.717, 1.165) is 33.4 Å². The molecule has 0 fully saturated rings. The van der Waals surface area contributed by atoms with Gasteiger partial charge in [0.1, 0.15) is 12.7 Å². The molecule has 0 unspecified atom stereocenters. The van der Waals surface area contributed by atoms with E-state index in [4.69, 9.17) is 0 Å². The first-order chi connectivity index (χ1) is 11.9. The van der Waals surface area contributed by atoms with Crippen molar-refractivity contribution in [1.29, 1.82) is 0 Å². The number of rotatable bonds is 3. The van der Waals surface area contributed by atoms with Crippen molar-refractivity contribution in [3.63, 3.8) is 0 Å². The summed E-state index contributed by atoms with van der Waals surface area (Å²) < 4.78 is 0.